The molecule has 2 fully saturated rings. The van der Waals surface area contributed by atoms with Crippen molar-refractivity contribution in [1.82, 2.24) is 10.3 Å². The minimum atomic E-state index is 0.680. The molecule has 1 N–H and O–H groups in total. The van der Waals surface area contributed by atoms with E-state index in [0.717, 1.165) is 35.3 Å². The Balaban J connectivity index is 1.53. The lowest BCUT2D eigenvalue weighted by Crippen LogP contribution is -2.38. The van der Waals surface area contributed by atoms with E-state index in [9.17, 15) is 0 Å². The largest absolute Gasteiger partial charge is 0.356 e. The van der Waals surface area contributed by atoms with Crippen molar-refractivity contribution in [3.05, 3.63) is 21.8 Å². The highest BCUT2D eigenvalue weighted by molar-refractivity contribution is 9.10. The first-order valence-corrected chi connectivity index (χ1v) is 8.19. The van der Waals surface area contributed by atoms with Crippen LogP contribution in [0.3, 0.4) is 0 Å². The van der Waals surface area contributed by atoms with Crippen molar-refractivity contribution >= 4 is 33.3 Å². The minimum absolute atomic E-state index is 0.680. The van der Waals surface area contributed by atoms with Crippen LogP contribution in [0.4, 0.5) is 5.82 Å². The van der Waals surface area contributed by atoms with Crippen molar-refractivity contribution in [2.45, 2.75) is 31.7 Å². The maximum Gasteiger partial charge on any atom is 0.142 e. The Morgan fingerprint density at radius 3 is 2.68 bits per heavy atom. The monoisotopic (exact) mass is 343 g/mol. The third kappa shape index (κ3) is 3.61. The molecule has 1 aliphatic heterocycles. The summed E-state index contributed by atoms with van der Waals surface area (Å²) in [6, 6.07) is 2.75. The summed E-state index contributed by atoms with van der Waals surface area (Å²) < 4.78 is 0.995. The number of pyridine rings is 1. The molecule has 1 aromatic rings. The molecule has 104 valence electrons. The van der Waals surface area contributed by atoms with Gasteiger partial charge in [0.1, 0.15) is 5.82 Å². The average Bonchev–Trinajstić information content (AvgIpc) is 3.21. The van der Waals surface area contributed by atoms with Gasteiger partial charge in [-0.25, -0.2) is 4.98 Å². The van der Waals surface area contributed by atoms with Crippen LogP contribution in [-0.2, 0) is 0 Å². The van der Waals surface area contributed by atoms with Gasteiger partial charge in [0.25, 0.3) is 0 Å². The van der Waals surface area contributed by atoms with Crippen LogP contribution < -0.4 is 10.2 Å². The molecule has 1 aromatic heterocycles. The average molecular weight is 345 g/mol. The second-order valence-electron chi connectivity index (χ2n) is 5.57. The van der Waals surface area contributed by atoms with E-state index in [1.165, 1.54) is 32.2 Å². The molecule has 0 radical (unpaired) electrons. The maximum absolute atomic E-state index is 5.94. The van der Waals surface area contributed by atoms with Crippen LogP contribution in [0.2, 0.25) is 5.02 Å². The molecule has 0 aromatic carbocycles. The second-order valence-corrected chi connectivity index (χ2v) is 6.86. The molecule has 3 nitrogen and oxygen atoms in total. The van der Waals surface area contributed by atoms with Gasteiger partial charge in [-0.1, -0.05) is 11.6 Å². The van der Waals surface area contributed by atoms with Gasteiger partial charge in [0.05, 0.1) is 9.50 Å². The highest BCUT2D eigenvalue weighted by atomic mass is 79.9. The number of nitrogens with zero attached hydrogens (tertiary/aromatic N) is 2. The molecule has 2 aliphatic rings. The van der Waals surface area contributed by atoms with Crippen LogP contribution in [0.25, 0.3) is 0 Å². The summed E-state index contributed by atoms with van der Waals surface area (Å²) in [6.45, 7) is 3.36. The number of halogens is 2. The van der Waals surface area contributed by atoms with Gasteiger partial charge < -0.3 is 10.2 Å². The summed E-state index contributed by atoms with van der Waals surface area (Å²) in [6.07, 6.45) is 6.97. The first kappa shape index (κ1) is 13.7. The molecule has 1 aliphatic carbocycles. The van der Waals surface area contributed by atoms with E-state index in [4.69, 9.17) is 11.6 Å². The van der Waals surface area contributed by atoms with E-state index in [1.807, 2.05) is 6.07 Å². The summed E-state index contributed by atoms with van der Waals surface area (Å²) in [4.78, 5) is 6.80. The topological polar surface area (TPSA) is 28.2 Å². The summed E-state index contributed by atoms with van der Waals surface area (Å²) >= 11 is 9.49. The molecule has 1 saturated heterocycles. The number of nitrogens with one attached hydrogen (secondary N) is 1. The van der Waals surface area contributed by atoms with Crippen molar-refractivity contribution in [2.24, 2.45) is 5.92 Å². The van der Waals surface area contributed by atoms with Crippen molar-refractivity contribution < 1.29 is 0 Å². The molecule has 1 saturated carbocycles. The van der Waals surface area contributed by atoms with Crippen LogP contribution in [-0.4, -0.2) is 30.7 Å². The van der Waals surface area contributed by atoms with Gasteiger partial charge >= 0.3 is 0 Å². The van der Waals surface area contributed by atoms with Gasteiger partial charge in [-0.2, -0.15) is 0 Å². The molecule has 0 spiro atoms. The van der Waals surface area contributed by atoms with Crippen LogP contribution in [0.15, 0.2) is 16.7 Å². The van der Waals surface area contributed by atoms with Crippen molar-refractivity contribution in [3.8, 4) is 0 Å². The van der Waals surface area contributed by atoms with Crippen molar-refractivity contribution in [2.75, 3.05) is 24.5 Å². The van der Waals surface area contributed by atoms with Crippen molar-refractivity contribution in [1.29, 1.82) is 0 Å². The lowest BCUT2D eigenvalue weighted by atomic mass is 9.97. The predicted octanol–water partition coefficient (Wildman–Crippen LogP) is 3.47. The van der Waals surface area contributed by atoms with Crippen LogP contribution in [0.1, 0.15) is 25.7 Å². The standard InChI is InChI=1S/C14H19BrClN3/c15-13-7-11(16)9-18-14(13)19-5-3-10(4-6-19)8-17-12-1-2-12/h7,9-10,12,17H,1-6,8H2. The Bertz CT molecular complexity index is 442. The quantitative estimate of drug-likeness (QED) is 0.906. The molecule has 3 rings (SSSR count). The number of anilines is 1. The summed E-state index contributed by atoms with van der Waals surface area (Å²) in [7, 11) is 0. The molecule has 0 atom stereocenters. The fourth-order valence-electron chi connectivity index (χ4n) is 2.61. The zero-order valence-corrected chi connectivity index (χ0v) is 13.3. The normalized spacial score (nSPS) is 20.8. The Kier molecular flexibility index (Phi) is 4.30. The van der Waals surface area contributed by atoms with E-state index in [-0.39, 0.29) is 0 Å². The molecule has 5 heteroatoms. The number of piperidine rings is 1. The summed E-state index contributed by atoms with van der Waals surface area (Å²) in [5, 5.41) is 4.32. The predicted molar refractivity (Wildman–Crippen MR) is 82.9 cm³/mol. The smallest absolute Gasteiger partial charge is 0.142 e. The van der Waals surface area contributed by atoms with E-state index < -0.39 is 0 Å². The summed E-state index contributed by atoms with van der Waals surface area (Å²) in [5.41, 5.74) is 0. The fourth-order valence-corrected chi connectivity index (χ4v) is 3.50. The van der Waals surface area contributed by atoms with Crippen LogP contribution in [0.5, 0.6) is 0 Å². The molecule has 19 heavy (non-hydrogen) atoms. The molecular weight excluding hydrogens is 326 g/mol. The Labute approximate surface area is 127 Å². The van der Waals surface area contributed by atoms with E-state index >= 15 is 0 Å². The lowest BCUT2D eigenvalue weighted by molar-refractivity contribution is 0.380. The third-order valence-corrected chi connectivity index (χ3v) is 4.77. The minimum Gasteiger partial charge on any atom is -0.356 e. The Morgan fingerprint density at radius 2 is 2.05 bits per heavy atom. The van der Waals surface area contributed by atoms with E-state index in [1.54, 1.807) is 6.20 Å². The molecule has 0 amide bonds. The molecular formula is C14H19BrClN3. The van der Waals surface area contributed by atoms with Crippen LogP contribution in [0, 0.1) is 5.92 Å². The van der Waals surface area contributed by atoms with Crippen LogP contribution >= 0.6 is 27.5 Å². The SMILES string of the molecule is Clc1cnc(N2CCC(CNC3CC3)CC2)c(Br)c1. The van der Waals surface area contributed by atoms with Gasteiger partial charge in [-0.3, -0.25) is 0 Å². The zero-order valence-electron chi connectivity index (χ0n) is 10.9. The van der Waals surface area contributed by atoms with E-state index in [2.05, 4.69) is 31.1 Å². The van der Waals surface area contributed by atoms with Gasteiger partial charge in [0.2, 0.25) is 0 Å². The first-order chi connectivity index (χ1) is 9.22. The lowest BCUT2D eigenvalue weighted by Gasteiger charge is -2.33. The number of hydrogen-bond donors (Lipinski definition) is 1. The van der Waals surface area contributed by atoms with Gasteiger partial charge in [0, 0.05) is 25.3 Å². The highest BCUT2D eigenvalue weighted by Crippen LogP contribution is 2.30. The van der Waals surface area contributed by atoms with Gasteiger partial charge in [0.15, 0.2) is 0 Å². The fraction of sp³-hybridized carbons (Fsp3) is 0.643. The number of rotatable bonds is 4. The number of hydrogen-bond acceptors (Lipinski definition) is 3. The molecule has 0 unspecified atom stereocenters. The highest BCUT2D eigenvalue weighted by Gasteiger charge is 2.25. The zero-order chi connectivity index (χ0) is 13.2. The third-order valence-electron chi connectivity index (χ3n) is 3.98. The van der Waals surface area contributed by atoms with Crippen molar-refractivity contribution in [3.63, 3.8) is 0 Å². The number of aromatic nitrogens is 1. The maximum atomic E-state index is 5.94. The van der Waals surface area contributed by atoms with E-state index in [0.29, 0.717) is 5.02 Å². The molecule has 2 heterocycles. The summed E-state index contributed by atoms with van der Waals surface area (Å²) in [5.74, 6) is 1.85. The molecule has 0 bridgehead atoms. The van der Waals surface area contributed by atoms with Gasteiger partial charge in [-0.15, -0.1) is 0 Å². The Hall–Kier alpha value is -0.320. The second kappa shape index (κ2) is 5.98. The van der Waals surface area contributed by atoms with Gasteiger partial charge in [-0.05, 0) is 60.1 Å². The first-order valence-electron chi connectivity index (χ1n) is 7.02. The Morgan fingerprint density at radius 1 is 1.32 bits per heavy atom.